The van der Waals surface area contributed by atoms with Crippen LogP contribution in [0.3, 0.4) is 0 Å². The van der Waals surface area contributed by atoms with Gasteiger partial charge in [-0.3, -0.25) is 0 Å². The summed E-state index contributed by atoms with van der Waals surface area (Å²) in [4.78, 5) is 26.1. The molecule has 3 aromatic rings. The number of nitrogens with zero attached hydrogens (tertiary/aromatic N) is 4. The number of thiazole rings is 1. The van der Waals surface area contributed by atoms with Crippen LogP contribution in [0.4, 0.5) is 20.0 Å². The van der Waals surface area contributed by atoms with Gasteiger partial charge in [0.1, 0.15) is 16.2 Å². The first-order valence-corrected chi connectivity index (χ1v) is 8.79. The molecule has 2 amide bonds. The second-order valence-electron chi connectivity index (χ2n) is 5.74. The number of amides is 2. The van der Waals surface area contributed by atoms with E-state index < -0.39 is 0 Å². The van der Waals surface area contributed by atoms with Crippen molar-refractivity contribution >= 4 is 38.5 Å². The lowest BCUT2D eigenvalue weighted by molar-refractivity contribution is 0.208. The van der Waals surface area contributed by atoms with E-state index in [4.69, 9.17) is 0 Å². The lowest BCUT2D eigenvalue weighted by Crippen LogP contribution is -2.50. The number of hydrogen-bond donors (Lipinski definition) is 1. The number of carbonyl (C=O) groups is 1. The number of nitrogens with one attached hydrogen (secondary N) is 1. The van der Waals surface area contributed by atoms with Gasteiger partial charge in [0, 0.05) is 38.1 Å². The zero-order valence-electron chi connectivity index (χ0n) is 13.4. The first-order valence-electron chi connectivity index (χ1n) is 7.97. The third-order valence-electron chi connectivity index (χ3n) is 4.09. The van der Waals surface area contributed by atoms with Gasteiger partial charge in [-0.1, -0.05) is 11.3 Å². The molecule has 1 fully saturated rings. The zero-order valence-corrected chi connectivity index (χ0v) is 14.2. The number of rotatable bonds is 2. The van der Waals surface area contributed by atoms with E-state index >= 15 is 0 Å². The molecule has 0 radical (unpaired) electrons. The second kappa shape index (κ2) is 6.64. The SMILES string of the molecule is O=C(Nc1ccc(F)cc1)N1CCN(c2nc3cccnc3s2)CC1. The van der Waals surface area contributed by atoms with Crippen molar-refractivity contribution in [2.75, 3.05) is 36.4 Å². The summed E-state index contributed by atoms with van der Waals surface area (Å²) in [5.74, 6) is -0.322. The molecule has 0 unspecified atom stereocenters. The molecule has 1 aromatic carbocycles. The normalized spacial score (nSPS) is 14.8. The van der Waals surface area contributed by atoms with Gasteiger partial charge < -0.3 is 15.1 Å². The molecule has 0 spiro atoms. The second-order valence-corrected chi connectivity index (χ2v) is 6.69. The van der Waals surface area contributed by atoms with E-state index in [0.717, 1.165) is 28.6 Å². The van der Waals surface area contributed by atoms with Crippen LogP contribution in [0.5, 0.6) is 0 Å². The number of halogens is 1. The van der Waals surface area contributed by atoms with E-state index in [1.54, 1.807) is 34.6 Å². The van der Waals surface area contributed by atoms with Gasteiger partial charge in [0.2, 0.25) is 0 Å². The molecule has 3 heterocycles. The summed E-state index contributed by atoms with van der Waals surface area (Å²) >= 11 is 1.57. The Labute approximate surface area is 147 Å². The van der Waals surface area contributed by atoms with Crippen molar-refractivity contribution in [2.24, 2.45) is 0 Å². The molecule has 1 aliphatic heterocycles. The molecule has 6 nitrogen and oxygen atoms in total. The van der Waals surface area contributed by atoms with Crippen molar-refractivity contribution < 1.29 is 9.18 Å². The van der Waals surface area contributed by atoms with Crippen molar-refractivity contribution in [3.8, 4) is 0 Å². The molecule has 0 atom stereocenters. The van der Waals surface area contributed by atoms with Crippen molar-refractivity contribution in [1.82, 2.24) is 14.9 Å². The largest absolute Gasteiger partial charge is 0.344 e. The number of aromatic nitrogens is 2. The molecule has 0 aliphatic carbocycles. The molecule has 1 aliphatic rings. The van der Waals surface area contributed by atoms with E-state index in [1.165, 1.54) is 12.1 Å². The Morgan fingerprint density at radius 1 is 1.12 bits per heavy atom. The Kier molecular flexibility index (Phi) is 4.19. The number of fused-ring (bicyclic) bond motifs is 1. The Morgan fingerprint density at radius 2 is 1.88 bits per heavy atom. The predicted octanol–water partition coefficient (Wildman–Crippen LogP) is 3.18. The van der Waals surface area contributed by atoms with Crippen LogP contribution in [-0.2, 0) is 0 Å². The van der Waals surface area contributed by atoms with Gasteiger partial charge in [-0.15, -0.1) is 0 Å². The average molecular weight is 357 g/mol. The van der Waals surface area contributed by atoms with Gasteiger partial charge >= 0.3 is 6.03 Å². The fourth-order valence-corrected chi connectivity index (χ4v) is 3.69. The molecule has 2 aromatic heterocycles. The number of piperazine rings is 1. The van der Waals surface area contributed by atoms with Crippen molar-refractivity contribution in [3.63, 3.8) is 0 Å². The number of benzene rings is 1. The molecule has 0 bridgehead atoms. The Morgan fingerprint density at radius 3 is 2.60 bits per heavy atom. The van der Waals surface area contributed by atoms with Gasteiger partial charge in [-0.2, -0.15) is 0 Å². The van der Waals surface area contributed by atoms with Crippen molar-refractivity contribution in [3.05, 3.63) is 48.4 Å². The molecule has 25 heavy (non-hydrogen) atoms. The lowest BCUT2D eigenvalue weighted by atomic mass is 10.3. The van der Waals surface area contributed by atoms with Gasteiger partial charge in [0.25, 0.3) is 0 Å². The number of pyridine rings is 1. The Hall–Kier alpha value is -2.74. The lowest BCUT2D eigenvalue weighted by Gasteiger charge is -2.34. The van der Waals surface area contributed by atoms with Crippen LogP contribution in [0, 0.1) is 5.82 Å². The molecule has 128 valence electrons. The van der Waals surface area contributed by atoms with Crippen LogP contribution in [0.1, 0.15) is 0 Å². The van der Waals surface area contributed by atoms with Gasteiger partial charge in [0.05, 0.1) is 0 Å². The van der Waals surface area contributed by atoms with Gasteiger partial charge in [-0.05, 0) is 36.4 Å². The number of hydrogen-bond acceptors (Lipinski definition) is 5. The fourth-order valence-electron chi connectivity index (χ4n) is 2.73. The summed E-state index contributed by atoms with van der Waals surface area (Å²) in [6.07, 6.45) is 1.77. The molecule has 1 N–H and O–H groups in total. The maximum absolute atomic E-state index is 12.9. The Bertz CT molecular complexity index is 856. The van der Waals surface area contributed by atoms with Crippen molar-refractivity contribution in [1.29, 1.82) is 0 Å². The molecular weight excluding hydrogens is 341 g/mol. The predicted molar refractivity (Wildman–Crippen MR) is 96.6 cm³/mol. The molecule has 8 heteroatoms. The minimum Gasteiger partial charge on any atom is -0.344 e. The summed E-state index contributed by atoms with van der Waals surface area (Å²) in [5, 5.41) is 3.73. The summed E-state index contributed by atoms with van der Waals surface area (Å²) in [5.41, 5.74) is 1.49. The minimum atomic E-state index is -0.322. The topological polar surface area (TPSA) is 61.4 Å². The van der Waals surface area contributed by atoms with E-state index in [9.17, 15) is 9.18 Å². The first kappa shape index (κ1) is 15.8. The average Bonchev–Trinajstić information content (AvgIpc) is 3.08. The van der Waals surface area contributed by atoms with Crippen molar-refractivity contribution in [2.45, 2.75) is 0 Å². The van der Waals surface area contributed by atoms with Crippen LogP contribution in [0.25, 0.3) is 10.3 Å². The molecule has 4 rings (SSSR count). The fraction of sp³-hybridized carbons (Fsp3) is 0.235. The van der Waals surface area contributed by atoms with E-state index in [1.807, 2.05) is 12.1 Å². The molecule has 0 saturated carbocycles. The standard InChI is InChI=1S/C17H16FN5OS/c18-12-3-5-13(6-4-12)20-16(24)22-8-10-23(11-9-22)17-21-14-2-1-7-19-15(14)25-17/h1-7H,8-11H2,(H,20,24). The van der Waals surface area contributed by atoms with E-state index in [-0.39, 0.29) is 11.8 Å². The van der Waals surface area contributed by atoms with Crippen LogP contribution in [0.15, 0.2) is 42.6 Å². The zero-order chi connectivity index (χ0) is 17.2. The molecular formula is C17H16FN5OS. The van der Waals surface area contributed by atoms with Crippen LogP contribution >= 0.6 is 11.3 Å². The maximum Gasteiger partial charge on any atom is 0.321 e. The third kappa shape index (κ3) is 3.39. The quantitative estimate of drug-likeness (QED) is 0.765. The summed E-state index contributed by atoms with van der Waals surface area (Å²) in [6, 6.07) is 9.42. The number of urea groups is 1. The third-order valence-corrected chi connectivity index (χ3v) is 5.13. The van der Waals surface area contributed by atoms with E-state index in [0.29, 0.717) is 18.8 Å². The summed E-state index contributed by atoms with van der Waals surface area (Å²) in [6.45, 7) is 2.65. The summed E-state index contributed by atoms with van der Waals surface area (Å²) in [7, 11) is 0. The smallest absolute Gasteiger partial charge is 0.321 e. The van der Waals surface area contributed by atoms with E-state index in [2.05, 4.69) is 20.2 Å². The molecule has 1 saturated heterocycles. The first-order chi connectivity index (χ1) is 12.2. The highest BCUT2D eigenvalue weighted by Gasteiger charge is 2.23. The Balaban J connectivity index is 1.37. The number of anilines is 2. The highest BCUT2D eigenvalue weighted by atomic mass is 32.1. The summed E-state index contributed by atoms with van der Waals surface area (Å²) < 4.78 is 12.9. The minimum absolute atomic E-state index is 0.169. The van der Waals surface area contributed by atoms with Crippen LogP contribution < -0.4 is 10.2 Å². The van der Waals surface area contributed by atoms with Gasteiger partial charge in [0.15, 0.2) is 5.13 Å². The monoisotopic (exact) mass is 357 g/mol. The van der Waals surface area contributed by atoms with Crippen LogP contribution in [0.2, 0.25) is 0 Å². The highest BCUT2D eigenvalue weighted by molar-refractivity contribution is 7.21. The highest BCUT2D eigenvalue weighted by Crippen LogP contribution is 2.27. The maximum atomic E-state index is 12.9. The number of carbonyl (C=O) groups excluding carboxylic acids is 1. The van der Waals surface area contributed by atoms with Gasteiger partial charge in [-0.25, -0.2) is 19.2 Å². The van der Waals surface area contributed by atoms with Crippen LogP contribution in [-0.4, -0.2) is 47.1 Å².